The van der Waals surface area contributed by atoms with Gasteiger partial charge in [-0.25, -0.2) is 27.2 Å². The van der Waals surface area contributed by atoms with Crippen molar-refractivity contribution in [3.8, 4) is 67.5 Å². The molecule has 0 saturated carbocycles. The summed E-state index contributed by atoms with van der Waals surface area (Å²) >= 11 is 20.6. The van der Waals surface area contributed by atoms with E-state index in [9.17, 15) is 14.0 Å². The quantitative estimate of drug-likeness (QED) is 0.107. The Kier molecular flexibility index (Phi) is 19.8. The maximum atomic E-state index is 15.2. The standard InChI is InChI=1S/C25H26ClFN6.C24H20ClF2N5O.C24H22ClN5O/c1-17-7-6-10-19(22(17)27)24-20-21(26)23(18-8-4-3-5-9-18)28-29-25(20)33(30-24)16-15-32-13-11-31(2)12-14-32;1-14-6-5-9-17(21(14)27)23-19-20(25)22(15-7-3-2-4-8-15)28-29-24(19)32(30-23)13-18(33)31-11-10-16(26)12-31;1-16-9-5-6-12-18(16)23-20-21(25)22(17-10-3-2-4-11-17)26-27-24(20)30(28-23)15-19(31)29-13-7-8-14-29/h3-10H,11-16H2,1-2H3;2-9,16H,10-13H2,1H3;2-6,9-12H,7-8,13-15H2,1H3/t;16-;/m.1./s1. The number of hydrogen-bond donors (Lipinski definition) is 0. The van der Waals surface area contributed by atoms with Gasteiger partial charge in [0.2, 0.25) is 11.8 Å². The molecule has 0 bridgehead atoms. The summed E-state index contributed by atoms with van der Waals surface area (Å²) in [6, 6.07) is 47.1. The summed E-state index contributed by atoms with van der Waals surface area (Å²) in [7, 11) is 2.14. The Bertz CT molecular complexity index is 4870. The zero-order valence-electron chi connectivity index (χ0n) is 53.9. The Labute approximate surface area is 573 Å². The predicted octanol–water partition coefficient (Wildman–Crippen LogP) is 14.1. The lowest BCUT2D eigenvalue weighted by Gasteiger charge is -2.32. The minimum Gasteiger partial charge on any atom is -0.341 e. The highest BCUT2D eigenvalue weighted by Crippen LogP contribution is 2.42. The van der Waals surface area contributed by atoms with Crippen LogP contribution in [-0.4, -0.2) is 163 Å². The number of rotatable bonds is 13. The number of aromatic nitrogens is 12. The minimum atomic E-state index is -1.03. The Balaban J connectivity index is 0.000000131. The van der Waals surface area contributed by atoms with Gasteiger partial charge in [-0.1, -0.05) is 174 Å². The molecule has 3 aliphatic heterocycles. The number of halogens is 6. The van der Waals surface area contributed by atoms with E-state index in [2.05, 4.69) is 52.5 Å². The Hall–Kier alpha value is -9.51. The molecule has 0 unspecified atom stereocenters. The number of nitrogens with zero attached hydrogens (tertiary/aromatic N) is 16. The van der Waals surface area contributed by atoms with Crippen LogP contribution in [0.25, 0.3) is 101 Å². The second-order valence-corrected chi connectivity index (χ2v) is 25.6. The summed E-state index contributed by atoms with van der Waals surface area (Å²) < 4.78 is 48.7. The topological polar surface area (TPSA) is 178 Å². The summed E-state index contributed by atoms with van der Waals surface area (Å²) in [4.78, 5) is 33.7. The van der Waals surface area contributed by atoms with E-state index in [1.54, 1.807) is 48.9 Å². The molecule has 18 nitrogen and oxygen atoms in total. The number of hydrogen-bond acceptors (Lipinski definition) is 13. The third kappa shape index (κ3) is 13.8. The van der Waals surface area contributed by atoms with E-state index in [0.29, 0.717) is 91.1 Å². The van der Waals surface area contributed by atoms with Gasteiger partial charge in [0.25, 0.3) is 0 Å². The number of fused-ring (bicyclic) bond motifs is 3. The molecule has 0 radical (unpaired) electrons. The number of piperazine rings is 1. The number of likely N-dealkylation sites (tertiary alicyclic amines) is 2. The van der Waals surface area contributed by atoms with Crippen molar-refractivity contribution in [3.05, 3.63) is 195 Å². The molecule has 2 amide bonds. The number of benzene rings is 6. The van der Waals surface area contributed by atoms with Crippen LogP contribution in [-0.2, 0) is 29.2 Å². The largest absolute Gasteiger partial charge is 0.341 e. The number of likely N-dealkylation sites (N-methyl/N-ethyl adjacent to an activating group) is 1. The van der Waals surface area contributed by atoms with Crippen LogP contribution < -0.4 is 0 Å². The molecule has 9 heterocycles. The van der Waals surface area contributed by atoms with Crippen LogP contribution in [0.3, 0.4) is 0 Å². The first kappa shape index (κ1) is 66.1. The zero-order chi connectivity index (χ0) is 67.4. The lowest BCUT2D eigenvalue weighted by molar-refractivity contribution is -0.131. The molecule has 3 fully saturated rings. The number of amides is 2. The number of carbonyl (C=O) groups is 2. The first-order valence-corrected chi connectivity index (χ1v) is 33.3. The first-order chi connectivity index (χ1) is 47.1. The molecule has 3 aliphatic rings. The van der Waals surface area contributed by atoms with Crippen LogP contribution in [0, 0.1) is 32.4 Å². The van der Waals surface area contributed by atoms with Gasteiger partial charge in [-0.15, -0.1) is 30.6 Å². The maximum absolute atomic E-state index is 15.2. The summed E-state index contributed by atoms with van der Waals surface area (Å²) in [6.45, 7) is 13.0. The monoisotopic (exact) mass is 1360 g/mol. The van der Waals surface area contributed by atoms with E-state index >= 15 is 8.78 Å². The van der Waals surface area contributed by atoms with Crippen molar-refractivity contribution in [2.75, 3.05) is 66.0 Å². The number of aryl methyl sites for hydroxylation is 3. The fourth-order valence-corrected chi connectivity index (χ4v) is 13.5. The van der Waals surface area contributed by atoms with Crippen molar-refractivity contribution in [2.45, 2.75) is 65.8 Å². The normalized spacial score (nSPS) is 15.1. The highest BCUT2D eigenvalue weighted by molar-refractivity contribution is 6.40. The van der Waals surface area contributed by atoms with Gasteiger partial charge < -0.3 is 14.7 Å². The van der Waals surface area contributed by atoms with Crippen molar-refractivity contribution in [1.29, 1.82) is 0 Å². The van der Waals surface area contributed by atoms with Gasteiger partial charge in [-0.2, -0.15) is 15.3 Å². The van der Waals surface area contributed by atoms with Crippen molar-refractivity contribution in [1.82, 2.24) is 79.5 Å². The van der Waals surface area contributed by atoms with E-state index in [1.165, 1.54) is 9.58 Å². The molecule has 97 heavy (non-hydrogen) atoms. The van der Waals surface area contributed by atoms with Crippen LogP contribution in [0.2, 0.25) is 15.1 Å². The average Bonchev–Trinajstić information content (AvgIpc) is 1.64. The van der Waals surface area contributed by atoms with E-state index < -0.39 is 12.0 Å². The number of alkyl halides is 1. The fourth-order valence-electron chi connectivity index (χ4n) is 12.5. The Morgan fingerprint density at radius 3 is 1.27 bits per heavy atom. The second-order valence-electron chi connectivity index (χ2n) is 24.5. The van der Waals surface area contributed by atoms with Crippen molar-refractivity contribution >= 4 is 79.7 Å². The molecule has 0 aliphatic carbocycles. The zero-order valence-corrected chi connectivity index (χ0v) is 56.1. The van der Waals surface area contributed by atoms with Crippen LogP contribution in [0.4, 0.5) is 13.2 Å². The summed E-state index contributed by atoms with van der Waals surface area (Å²) in [6.07, 6.45) is 1.39. The lowest BCUT2D eigenvalue weighted by Crippen LogP contribution is -2.45. The Morgan fingerprint density at radius 1 is 0.433 bits per heavy atom. The van der Waals surface area contributed by atoms with Crippen molar-refractivity contribution in [2.24, 2.45) is 0 Å². The van der Waals surface area contributed by atoms with Crippen LogP contribution in [0.15, 0.2) is 152 Å². The molecular formula is C73H68Cl3F3N16O2. The first-order valence-electron chi connectivity index (χ1n) is 32.2. The SMILES string of the molecule is Cc1cccc(-c2nn(CC(=O)N3CC[C@@H](F)C3)c3nnc(-c4ccccc4)c(Cl)c23)c1F.Cc1cccc(-c2nn(CCN3CCN(C)CC3)c3nnc(-c4ccccc4)c(Cl)c23)c1F.Cc1ccccc1-c1nn(CC(=O)N2CCCC2)c2nnc(-c3ccccc3)c(Cl)c12. The second kappa shape index (κ2) is 29.1. The van der Waals surface area contributed by atoms with Gasteiger partial charge in [-0.3, -0.25) is 14.5 Å². The molecular weight excluding hydrogens is 1300 g/mol. The van der Waals surface area contributed by atoms with Gasteiger partial charge in [0.1, 0.15) is 65.1 Å². The Morgan fingerprint density at radius 2 is 0.825 bits per heavy atom. The summed E-state index contributed by atoms with van der Waals surface area (Å²) in [5.74, 6) is -0.967. The van der Waals surface area contributed by atoms with Gasteiger partial charge in [0.05, 0.1) is 44.3 Å². The van der Waals surface area contributed by atoms with Crippen molar-refractivity contribution < 1.29 is 22.8 Å². The summed E-state index contributed by atoms with van der Waals surface area (Å²) in [5, 5.41) is 43.5. The molecule has 0 spiro atoms. The van der Waals surface area contributed by atoms with Crippen LogP contribution >= 0.6 is 34.8 Å². The highest BCUT2D eigenvalue weighted by Gasteiger charge is 2.31. The molecule has 12 aromatic rings. The maximum Gasteiger partial charge on any atom is 0.244 e. The third-order valence-corrected chi connectivity index (χ3v) is 19.1. The molecule has 24 heteroatoms. The van der Waals surface area contributed by atoms with E-state index in [0.717, 1.165) is 97.6 Å². The smallest absolute Gasteiger partial charge is 0.244 e. The predicted molar refractivity (Wildman–Crippen MR) is 374 cm³/mol. The van der Waals surface area contributed by atoms with Gasteiger partial charge in [-0.05, 0) is 75.9 Å². The molecule has 15 rings (SSSR count). The summed E-state index contributed by atoms with van der Waals surface area (Å²) in [5.41, 5.74) is 10.7. The average molecular weight is 1360 g/mol. The molecule has 494 valence electrons. The molecule has 6 aromatic heterocycles. The number of carbonyl (C=O) groups excluding carboxylic acids is 2. The lowest BCUT2D eigenvalue weighted by atomic mass is 10.0. The molecule has 1 atom stereocenters. The van der Waals surface area contributed by atoms with Gasteiger partial charge >= 0.3 is 0 Å². The molecule has 0 N–H and O–H groups in total. The third-order valence-electron chi connectivity index (χ3n) is 18.0. The van der Waals surface area contributed by atoms with E-state index in [-0.39, 0.29) is 59.2 Å². The van der Waals surface area contributed by atoms with Crippen LogP contribution in [0.5, 0.6) is 0 Å². The molecule has 6 aromatic carbocycles. The van der Waals surface area contributed by atoms with Gasteiger partial charge in [0.15, 0.2) is 16.9 Å². The molecule has 3 saturated heterocycles. The van der Waals surface area contributed by atoms with E-state index in [1.807, 2.05) is 138 Å². The highest BCUT2D eigenvalue weighted by atomic mass is 35.5. The van der Waals surface area contributed by atoms with Gasteiger partial charge in [0, 0.05) is 85.7 Å². The minimum absolute atomic E-state index is 0.0447. The van der Waals surface area contributed by atoms with Crippen molar-refractivity contribution in [3.63, 3.8) is 0 Å². The van der Waals surface area contributed by atoms with Crippen LogP contribution in [0.1, 0.15) is 36.0 Å². The van der Waals surface area contributed by atoms with E-state index in [4.69, 9.17) is 45.0 Å². The fraction of sp³-hybridized carbons (Fsp3) is 0.274.